The van der Waals surface area contributed by atoms with Crippen molar-refractivity contribution in [1.82, 2.24) is 15.3 Å². The third-order valence-electron chi connectivity index (χ3n) is 5.89. The molecule has 8 nitrogen and oxygen atoms in total. The van der Waals surface area contributed by atoms with Crippen molar-refractivity contribution in [2.45, 2.75) is 30.1 Å². The summed E-state index contributed by atoms with van der Waals surface area (Å²) in [5, 5.41) is 5.49. The van der Waals surface area contributed by atoms with E-state index in [9.17, 15) is 26.7 Å². The quantitative estimate of drug-likeness (QED) is 0.491. The maximum absolute atomic E-state index is 14.3. The van der Waals surface area contributed by atoms with E-state index in [0.29, 0.717) is 26.2 Å². The van der Waals surface area contributed by atoms with Gasteiger partial charge in [0.05, 0.1) is 35.6 Å². The van der Waals surface area contributed by atoms with Crippen LogP contribution < -0.4 is 15.5 Å². The normalized spacial score (nSPS) is 24.8. The third-order valence-corrected chi connectivity index (χ3v) is 6.20. The van der Waals surface area contributed by atoms with Gasteiger partial charge < -0.3 is 19.7 Å². The summed E-state index contributed by atoms with van der Waals surface area (Å²) in [6.07, 6.45) is -6.95. The Bertz CT molecular complexity index is 1110. The predicted octanol–water partition coefficient (Wildman–Crippen LogP) is 3.41. The van der Waals surface area contributed by atoms with Crippen molar-refractivity contribution >= 4 is 27.0 Å². The second-order valence-corrected chi connectivity index (χ2v) is 8.95. The number of halogens is 5. The summed E-state index contributed by atoms with van der Waals surface area (Å²) in [6.45, 7) is 1.83. The molecule has 3 unspecified atom stereocenters. The van der Waals surface area contributed by atoms with Crippen molar-refractivity contribution in [3.05, 3.63) is 35.5 Å². The van der Waals surface area contributed by atoms with Gasteiger partial charge in [-0.25, -0.2) is 14.8 Å². The number of fused-ring (bicyclic) bond motifs is 2. The Hall–Kier alpha value is -2.63. The number of alkyl halides is 5. The van der Waals surface area contributed by atoms with Crippen molar-refractivity contribution in [2.24, 2.45) is 0 Å². The first-order chi connectivity index (χ1) is 16.0. The lowest BCUT2D eigenvalue weighted by Gasteiger charge is -2.31. The molecule has 0 aromatic carbocycles. The van der Waals surface area contributed by atoms with Crippen molar-refractivity contribution in [3.63, 3.8) is 0 Å². The number of carbonyl (C=O) groups is 1. The number of ether oxygens (including phenoxy) is 2. The summed E-state index contributed by atoms with van der Waals surface area (Å²) < 4.78 is 80.5. The molecule has 2 saturated heterocycles. The fourth-order valence-electron chi connectivity index (χ4n) is 4.38. The Morgan fingerprint density at radius 2 is 1.97 bits per heavy atom. The highest BCUT2D eigenvalue weighted by Gasteiger charge is 2.46. The molecule has 1 amide bonds. The maximum Gasteiger partial charge on any atom is 0.416 e. The van der Waals surface area contributed by atoms with Gasteiger partial charge in [0.2, 0.25) is 0 Å². The lowest BCUT2D eigenvalue weighted by Crippen LogP contribution is -2.47. The predicted molar refractivity (Wildman–Crippen MR) is 114 cm³/mol. The van der Waals surface area contributed by atoms with E-state index >= 15 is 0 Å². The molecule has 0 spiro atoms. The van der Waals surface area contributed by atoms with Gasteiger partial charge in [-0.1, -0.05) is 9.24 Å². The molecule has 14 heteroatoms. The number of amides is 1. The van der Waals surface area contributed by atoms with E-state index in [-0.39, 0.29) is 40.6 Å². The Balaban J connectivity index is 1.63. The summed E-state index contributed by atoms with van der Waals surface area (Å²) in [7, 11) is 1.29. The third kappa shape index (κ3) is 4.27. The van der Waals surface area contributed by atoms with Crippen LogP contribution in [0, 0.1) is 0 Å². The van der Waals surface area contributed by atoms with Gasteiger partial charge in [0.15, 0.2) is 6.10 Å². The van der Waals surface area contributed by atoms with Crippen LogP contribution >= 0.6 is 9.24 Å². The molecule has 0 saturated carbocycles. The molecule has 0 radical (unpaired) electrons. The fraction of sp³-hybridized carbons (Fsp3) is 0.450. The second kappa shape index (κ2) is 8.24. The highest BCUT2D eigenvalue weighted by Crippen LogP contribution is 2.48. The molecule has 34 heavy (non-hydrogen) atoms. The largest absolute Gasteiger partial charge is 0.434 e. The molecule has 3 aliphatic heterocycles. The van der Waals surface area contributed by atoms with Crippen LogP contribution in [0.3, 0.4) is 0 Å². The van der Waals surface area contributed by atoms with Gasteiger partial charge in [0.1, 0.15) is 11.6 Å². The summed E-state index contributed by atoms with van der Waals surface area (Å²) >= 11 is 0. The van der Waals surface area contributed by atoms with Crippen molar-refractivity contribution in [2.75, 3.05) is 36.5 Å². The second-order valence-electron chi connectivity index (χ2n) is 8.18. The van der Waals surface area contributed by atoms with Crippen LogP contribution in [0.5, 0.6) is 0 Å². The highest BCUT2D eigenvalue weighted by atomic mass is 31.0. The van der Waals surface area contributed by atoms with Crippen molar-refractivity contribution in [3.8, 4) is 11.3 Å². The minimum absolute atomic E-state index is 0.0325. The summed E-state index contributed by atoms with van der Waals surface area (Å²) in [6, 6.07) is 2.91. The van der Waals surface area contributed by atoms with Gasteiger partial charge in [0, 0.05) is 31.4 Å². The lowest BCUT2D eigenvalue weighted by atomic mass is 9.98. The lowest BCUT2D eigenvalue weighted by molar-refractivity contribution is -0.137. The van der Waals surface area contributed by atoms with E-state index in [1.165, 1.54) is 21.5 Å². The summed E-state index contributed by atoms with van der Waals surface area (Å²) in [4.78, 5) is 21.7. The summed E-state index contributed by atoms with van der Waals surface area (Å²) in [5.41, 5.74) is -5.12. The van der Waals surface area contributed by atoms with Crippen LogP contribution in [0.2, 0.25) is 0 Å². The first-order valence-electron chi connectivity index (χ1n) is 10.3. The van der Waals surface area contributed by atoms with Gasteiger partial charge in [-0.05, 0) is 18.2 Å². The molecule has 5 heterocycles. The first kappa shape index (κ1) is 23.1. The van der Waals surface area contributed by atoms with Gasteiger partial charge >= 0.3 is 12.3 Å². The fourth-order valence-corrected chi connectivity index (χ4v) is 4.62. The Morgan fingerprint density at radius 3 is 2.68 bits per heavy atom. The average Bonchev–Trinajstić information content (AvgIpc) is 3.21. The topological polar surface area (TPSA) is 88.6 Å². The zero-order valence-electron chi connectivity index (χ0n) is 17.4. The standard InChI is InChI=1S/C20H19F5N5O3P/c21-19(22,23)9-5-11(28-14(6-9)30-7-12-13(8-30)32-4-3-26-12)10-1-2-27-17-15(10)16(20(24,25)34)33-18(31)29-17/h1-2,5-6,12-13,16,26H,3-4,7-8,34H2,(H,27,29,31)/t12?,13?,16-/m1/s1. The van der Waals surface area contributed by atoms with Gasteiger partial charge in [0.25, 0.3) is 5.66 Å². The van der Waals surface area contributed by atoms with E-state index in [1.807, 2.05) is 0 Å². The molecule has 5 rings (SSSR count). The minimum Gasteiger partial charge on any atom is -0.434 e. The van der Waals surface area contributed by atoms with E-state index in [0.717, 1.165) is 12.1 Å². The van der Waals surface area contributed by atoms with E-state index < -0.39 is 29.6 Å². The number of morpholine rings is 1. The van der Waals surface area contributed by atoms with Gasteiger partial charge in [-0.3, -0.25) is 5.32 Å². The van der Waals surface area contributed by atoms with Crippen LogP contribution in [-0.2, 0) is 15.7 Å². The zero-order chi connectivity index (χ0) is 24.3. The number of pyridine rings is 2. The Kier molecular flexibility index (Phi) is 5.61. The van der Waals surface area contributed by atoms with Crippen molar-refractivity contribution < 1.29 is 36.2 Å². The molecule has 182 valence electrons. The number of aromatic nitrogens is 2. The number of nitrogens with one attached hydrogen (secondary N) is 2. The van der Waals surface area contributed by atoms with Crippen molar-refractivity contribution in [1.29, 1.82) is 0 Å². The van der Waals surface area contributed by atoms with Gasteiger partial charge in [-0.15, -0.1) is 0 Å². The number of anilines is 2. The molecule has 2 aromatic heterocycles. The van der Waals surface area contributed by atoms with Crippen LogP contribution in [0.15, 0.2) is 24.4 Å². The van der Waals surface area contributed by atoms with Gasteiger partial charge in [-0.2, -0.15) is 22.0 Å². The van der Waals surface area contributed by atoms with Crippen LogP contribution in [0.25, 0.3) is 11.3 Å². The monoisotopic (exact) mass is 503 g/mol. The molecule has 4 atom stereocenters. The number of cyclic esters (lactones) is 1. The SMILES string of the molecule is O=C1Nc2nccc(-c3cc(C(F)(F)F)cc(N4CC5NCCOC5C4)n3)c2[C@H](C(F)(F)P)O1. The number of carbonyl (C=O) groups excluding carboxylic acids is 1. The Morgan fingerprint density at radius 1 is 1.18 bits per heavy atom. The highest BCUT2D eigenvalue weighted by molar-refractivity contribution is 7.18. The molecule has 2 aromatic rings. The maximum atomic E-state index is 14.3. The molecule has 0 aliphatic carbocycles. The first-order valence-corrected chi connectivity index (χ1v) is 10.9. The number of hydrogen-bond donors (Lipinski definition) is 2. The van der Waals surface area contributed by atoms with E-state index in [4.69, 9.17) is 9.47 Å². The zero-order valence-corrected chi connectivity index (χ0v) is 18.6. The molecular formula is C20H19F5N5O3P. The smallest absolute Gasteiger partial charge is 0.416 e. The van der Waals surface area contributed by atoms with Crippen LogP contribution in [0.1, 0.15) is 17.2 Å². The van der Waals surface area contributed by atoms with E-state index in [2.05, 4.69) is 20.6 Å². The average molecular weight is 503 g/mol. The number of hydrogen-bond acceptors (Lipinski definition) is 7. The number of nitrogens with zero attached hydrogens (tertiary/aromatic N) is 3. The summed E-state index contributed by atoms with van der Waals surface area (Å²) in [5.74, 6) is -0.198. The van der Waals surface area contributed by atoms with Crippen LogP contribution in [0.4, 0.5) is 38.4 Å². The van der Waals surface area contributed by atoms with E-state index in [1.54, 1.807) is 4.90 Å². The van der Waals surface area contributed by atoms with Crippen LogP contribution in [-0.4, -0.2) is 60.1 Å². The minimum atomic E-state index is -4.71. The molecular weight excluding hydrogens is 484 g/mol. The Labute approximate surface area is 192 Å². The number of rotatable bonds is 3. The molecule has 2 fully saturated rings. The molecule has 2 N–H and O–H groups in total. The molecule has 0 bridgehead atoms. The molecule has 3 aliphatic rings.